The van der Waals surface area contributed by atoms with E-state index in [4.69, 9.17) is 18.9 Å². The molecular weight excluding hydrogens is 330 g/mol. The zero-order chi connectivity index (χ0) is 18.2. The van der Waals surface area contributed by atoms with Crippen LogP contribution in [0.1, 0.15) is 18.9 Å². The highest BCUT2D eigenvalue weighted by Crippen LogP contribution is 2.32. The molecule has 1 N–H and O–H groups in total. The first-order chi connectivity index (χ1) is 12.8. The van der Waals surface area contributed by atoms with Crippen LogP contribution in [0.4, 0.5) is 0 Å². The molecule has 1 heterocycles. The van der Waals surface area contributed by atoms with Gasteiger partial charge >= 0.3 is 0 Å². The van der Waals surface area contributed by atoms with Gasteiger partial charge in [0.2, 0.25) is 0 Å². The summed E-state index contributed by atoms with van der Waals surface area (Å²) in [6.45, 7) is 4.73. The van der Waals surface area contributed by atoms with E-state index < -0.39 is 0 Å². The molecule has 0 saturated carbocycles. The van der Waals surface area contributed by atoms with Crippen molar-refractivity contribution in [3.05, 3.63) is 48.0 Å². The fourth-order valence-electron chi connectivity index (χ4n) is 3.00. The van der Waals surface area contributed by atoms with Crippen LogP contribution in [0.25, 0.3) is 0 Å². The van der Waals surface area contributed by atoms with E-state index in [0.29, 0.717) is 19.8 Å². The molecule has 0 aromatic heterocycles. The smallest absolute Gasteiger partial charge is 0.164 e. The molecule has 5 heteroatoms. The third kappa shape index (κ3) is 4.61. The summed E-state index contributed by atoms with van der Waals surface area (Å²) in [5, 5.41) is 3.37. The van der Waals surface area contributed by atoms with Crippen LogP contribution in [0.15, 0.2) is 42.5 Å². The quantitative estimate of drug-likeness (QED) is 0.697. The van der Waals surface area contributed by atoms with Crippen molar-refractivity contribution in [1.29, 1.82) is 0 Å². The third-order valence-corrected chi connectivity index (χ3v) is 4.26. The third-order valence-electron chi connectivity index (χ3n) is 4.26. The van der Waals surface area contributed by atoms with Gasteiger partial charge in [-0.25, -0.2) is 0 Å². The Kier molecular flexibility index (Phi) is 6.61. The first kappa shape index (κ1) is 18.4. The minimum atomic E-state index is 0.00631. The number of rotatable bonds is 9. The standard InChI is InChI=1S/C21H27NO4/c1-3-7-16-8-6-11-20(23-2)21(16)24-13-12-22-14-17-15-25-18-9-4-5-10-19(18)26-17/h4-6,8-11,17,22H,3,7,12-15H2,1-2H3/t17-/m1/s1. The Balaban J connectivity index is 1.44. The summed E-state index contributed by atoms with van der Waals surface area (Å²) in [6, 6.07) is 13.8. The number of aryl methyl sites for hydroxylation is 1. The summed E-state index contributed by atoms with van der Waals surface area (Å²) in [7, 11) is 1.68. The summed E-state index contributed by atoms with van der Waals surface area (Å²) in [5.41, 5.74) is 1.19. The van der Waals surface area contributed by atoms with Gasteiger partial charge in [0.15, 0.2) is 23.0 Å². The number of methoxy groups -OCH3 is 1. The number of hydrogen-bond acceptors (Lipinski definition) is 5. The van der Waals surface area contributed by atoms with Crippen molar-refractivity contribution >= 4 is 0 Å². The molecule has 1 atom stereocenters. The van der Waals surface area contributed by atoms with Crippen molar-refractivity contribution in [1.82, 2.24) is 5.32 Å². The lowest BCUT2D eigenvalue weighted by Crippen LogP contribution is -2.39. The van der Waals surface area contributed by atoms with Crippen molar-refractivity contribution < 1.29 is 18.9 Å². The zero-order valence-corrected chi connectivity index (χ0v) is 15.5. The number of hydrogen-bond donors (Lipinski definition) is 1. The molecule has 0 fully saturated rings. The van der Waals surface area contributed by atoms with E-state index in [2.05, 4.69) is 18.3 Å². The van der Waals surface area contributed by atoms with Gasteiger partial charge in [-0.05, 0) is 30.2 Å². The predicted molar refractivity (Wildman–Crippen MR) is 102 cm³/mol. The SMILES string of the molecule is CCCc1cccc(OC)c1OCCNC[C@@H]1COc2ccccc2O1. The second-order valence-corrected chi connectivity index (χ2v) is 6.25. The van der Waals surface area contributed by atoms with Gasteiger partial charge in [-0.2, -0.15) is 0 Å². The second kappa shape index (κ2) is 9.34. The Morgan fingerprint density at radius 1 is 1.12 bits per heavy atom. The van der Waals surface area contributed by atoms with E-state index in [-0.39, 0.29) is 6.10 Å². The van der Waals surface area contributed by atoms with Crippen LogP contribution >= 0.6 is 0 Å². The van der Waals surface area contributed by atoms with Gasteiger partial charge in [-0.3, -0.25) is 0 Å². The highest BCUT2D eigenvalue weighted by atomic mass is 16.6. The normalized spacial score (nSPS) is 15.5. The van der Waals surface area contributed by atoms with Crippen LogP contribution in [0.2, 0.25) is 0 Å². The van der Waals surface area contributed by atoms with Crippen molar-refractivity contribution in [2.45, 2.75) is 25.9 Å². The fourth-order valence-corrected chi connectivity index (χ4v) is 3.00. The largest absolute Gasteiger partial charge is 0.493 e. The Bertz CT molecular complexity index is 704. The van der Waals surface area contributed by atoms with E-state index in [0.717, 1.165) is 42.4 Å². The van der Waals surface area contributed by atoms with E-state index >= 15 is 0 Å². The Morgan fingerprint density at radius 2 is 1.96 bits per heavy atom. The Hall–Kier alpha value is -2.40. The van der Waals surface area contributed by atoms with Crippen LogP contribution < -0.4 is 24.3 Å². The van der Waals surface area contributed by atoms with Crippen molar-refractivity contribution in [3.63, 3.8) is 0 Å². The van der Waals surface area contributed by atoms with Gasteiger partial charge in [0.25, 0.3) is 0 Å². The van der Waals surface area contributed by atoms with E-state index in [1.54, 1.807) is 7.11 Å². The Labute approximate surface area is 155 Å². The van der Waals surface area contributed by atoms with Crippen molar-refractivity contribution in [2.75, 3.05) is 33.4 Å². The maximum absolute atomic E-state index is 6.00. The minimum absolute atomic E-state index is 0.00631. The lowest BCUT2D eigenvalue weighted by molar-refractivity contribution is 0.0897. The molecule has 5 nitrogen and oxygen atoms in total. The molecule has 26 heavy (non-hydrogen) atoms. The molecule has 0 amide bonds. The van der Waals surface area contributed by atoms with Gasteiger partial charge in [-0.1, -0.05) is 37.6 Å². The molecule has 0 unspecified atom stereocenters. The van der Waals surface area contributed by atoms with Gasteiger partial charge in [0.1, 0.15) is 19.3 Å². The highest BCUT2D eigenvalue weighted by molar-refractivity contribution is 5.46. The molecule has 0 saturated heterocycles. The molecule has 0 radical (unpaired) electrons. The van der Waals surface area contributed by atoms with Gasteiger partial charge < -0.3 is 24.3 Å². The molecule has 1 aliphatic rings. The summed E-state index contributed by atoms with van der Waals surface area (Å²) in [5.74, 6) is 3.26. The lowest BCUT2D eigenvalue weighted by Gasteiger charge is -2.26. The Morgan fingerprint density at radius 3 is 2.77 bits per heavy atom. The van der Waals surface area contributed by atoms with Gasteiger partial charge in [0, 0.05) is 13.1 Å². The molecule has 0 aliphatic carbocycles. The van der Waals surface area contributed by atoms with Gasteiger partial charge in [0.05, 0.1) is 7.11 Å². The molecule has 140 valence electrons. The molecule has 3 rings (SSSR count). The first-order valence-electron chi connectivity index (χ1n) is 9.19. The van der Waals surface area contributed by atoms with Crippen LogP contribution in [0.3, 0.4) is 0 Å². The summed E-state index contributed by atoms with van der Waals surface area (Å²) >= 11 is 0. The molecular formula is C21H27NO4. The molecule has 1 aliphatic heterocycles. The molecule has 2 aromatic carbocycles. The average Bonchev–Trinajstić information content (AvgIpc) is 2.68. The monoisotopic (exact) mass is 357 g/mol. The fraction of sp³-hybridized carbons (Fsp3) is 0.429. The number of para-hydroxylation sites is 3. The second-order valence-electron chi connectivity index (χ2n) is 6.25. The molecule has 0 spiro atoms. The number of fused-ring (bicyclic) bond motifs is 1. The van der Waals surface area contributed by atoms with E-state index in [1.807, 2.05) is 36.4 Å². The highest BCUT2D eigenvalue weighted by Gasteiger charge is 2.20. The molecule has 2 aromatic rings. The summed E-state index contributed by atoms with van der Waals surface area (Å²) in [6.07, 6.45) is 2.06. The van der Waals surface area contributed by atoms with Crippen LogP contribution in [-0.4, -0.2) is 39.5 Å². The lowest BCUT2D eigenvalue weighted by atomic mass is 10.1. The summed E-state index contributed by atoms with van der Waals surface area (Å²) < 4.78 is 23.1. The maximum atomic E-state index is 6.00. The zero-order valence-electron chi connectivity index (χ0n) is 15.5. The van der Waals surface area contributed by atoms with Crippen LogP contribution in [-0.2, 0) is 6.42 Å². The number of ether oxygens (including phenoxy) is 4. The van der Waals surface area contributed by atoms with E-state index in [1.165, 1.54) is 5.56 Å². The topological polar surface area (TPSA) is 49.0 Å². The van der Waals surface area contributed by atoms with Crippen molar-refractivity contribution in [3.8, 4) is 23.0 Å². The first-order valence-corrected chi connectivity index (χ1v) is 9.19. The predicted octanol–water partition coefficient (Wildman–Crippen LogP) is 3.46. The number of benzene rings is 2. The number of nitrogens with one attached hydrogen (secondary N) is 1. The van der Waals surface area contributed by atoms with Crippen LogP contribution in [0, 0.1) is 0 Å². The average molecular weight is 357 g/mol. The maximum Gasteiger partial charge on any atom is 0.164 e. The van der Waals surface area contributed by atoms with Gasteiger partial charge in [-0.15, -0.1) is 0 Å². The summed E-state index contributed by atoms with van der Waals surface area (Å²) in [4.78, 5) is 0. The molecule has 0 bridgehead atoms. The van der Waals surface area contributed by atoms with Crippen molar-refractivity contribution in [2.24, 2.45) is 0 Å². The van der Waals surface area contributed by atoms with E-state index in [9.17, 15) is 0 Å². The minimum Gasteiger partial charge on any atom is -0.493 e. The van der Waals surface area contributed by atoms with Crippen LogP contribution in [0.5, 0.6) is 23.0 Å².